The molecule has 1 aliphatic heterocycles. The molecule has 1 atom stereocenters. The second-order valence-electron chi connectivity index (χ2n) is 5.63. The molecule has 0 bridgehead atoms. The van der Waals surface area contributed by atoms with E-state index in [9.17, 15) is 9.59 Å². The molecule has 1 heterocycles. The van der Waals surface area contributed by atoms with E-state index in [0.29, 0.717) is 21.6 Å². The lowest BCUT2D eigenvalue weighted by Crippen LogP contribution is -2.43. The topological polar surface area (TPSA) is 61.8 Å². The summed E-state index contributed by atoms with van der Waals surface area (Å²) in [6, 6.07) is 14.5. The van der Waals surface area contributed by atoms with E-state index in [1.165, 1.54) is 16.7 Å². The van der Waals surface area contributed by atoms with Crippen molar-refractivity contribution in [1.82, 2.24) is 4.90 Å². The van der Waals surface area contributed by atoms with Crippen molar-refractivity contribution in [2.24, 2.45) is 4.99 Å². The van der Waals surface area contributed by atoms with Gasteiger partial charge in [-0.1, -0.05) is 23.4 Å². The van der Waals surface area contributed by atoms with Crippen LogP contribution in [0.3, 0.4) is 0 Å². The van der Waals surface area contributed by atoms with Crippen molar-refractivity contribution in [2.75, 3.05) is 12.4 Å². The summed E-state index contributed by atoms with van der Waals surface area (Å²) < 4.78 is 1.09. The molecule has 134 valence electrons. The van der Waals surface area contributed by atoms with Crippen LogP contribution in [0.2, 0.25) is 5.02 Å². The second-order valence-corrected chi connectivity index (χ2v) is 8.48. The van der Waals surface area contributed by atoms with Crippen LogP contribution in [0.25, 0.3) is 0 Å². The standard InChI is InChI=1S/C18H15ClIN3O2S/c1-23-16(24)10-15(17(25)21-13-8-4-12(20)5-9-13)26-18(23)22-14-6-2-11(19)3-7-14/h2-9,15H,10H2,1H3,(H,21,25). The Labute approximate surface area is 174 Å². The molecule has 0 spiro atoms. The first kappa shape index (κ1) is 19.2. The number of anilines is 1. The molecule has 0 saturated carbocycles. The Morgan fingerprint density at radius 1 is 1.23 bits per heavy atom. The van der Waals surface area contributed by atoms with Crippen molar-refractivity contribution in [3.63, 3.8) is 0 Å². The van der Waals surface area contributed by atoms with Crippen molar-refractivity contribution >= 4 is 74.3 Å². The fraction of sp³-hybridized carbons (Fsp3) is 0.167. The molecule has 0 radical (unpaired) electrons. The molecule has 1 fully saturated rings. The average molecular weight is 500 g/mol. The van der Waals surface area contributed by atoms with Gasteiger partial charge in [-0.2, -0.15) is 0 Å². The first-order chi connectivity index (χ1) is 12.4. The first-order valence-electron chi connectivity index (χ1n) is 7.76. The molecule has 26 heavy (non-hydrogen) atoms. The van der Waals surface area contributed by atoms with Gasteiger partial charge >= 0.3 is 0 Å². The number of hydrogen-bond acceptors (Lipinski definition) is 4. The summed E-state index contributed by atoms with van der Waals surface area (Å²) >= 11 is 9.37. The summed E-state index contributed by atoms with van der Waals surface area (Å²) in [6.45, 7) is 0. The third-order valence-electron chi connectivity index (χ3n) is 3.72. The fourth-order valence-corrected chi connectivity index (χ4v) is 3.83. The quantitative estimate of drug-likeness (QED) is 0.631. The number of carbonyl (C=O) groups is 2. The summed E-state index contributed by atoms with van der Waals surface area (Å²) in [5.74, 6) is -0.347. The molecule has 8 heteroatoms. The van der Waals surface area contributed by atoms with Crippen LogP contribution in [0, 0.1) is 3.57 Å². The van der Waals surface area contributed by atoms with Gasteiger partial charge in [-0.25, -0.2) is 4.99 Å². The predicted molar refractivity (Wildman–Crippen MR) is 115 cm³/mol. The maximum atomic E-state index is 12.6. The minimum atomic E-state index is -0.524. The summed E-state index contributed by atoms with van der Waals surface area (Å²) in [5.41, 5.74) is 1.38. The van der Waals surface area contributed by atoms with Crippen LogP contribution < -0.4 is 5.32 Å². The zero-order valence-corrected chi connectivity index (χ0v) is 17.5. The maximum Gasteiger partial charge on any atom is 0.238 e. The van der Waals surface area contributed by atoms with Gasteiger partial charge in [-0.15, -0.1) is 0 Å². The number of carbonyl (C=O) groups excluding carboxylic acids is 2. The molecular weight excluding hydrogens is 485 g/mol. The van der Waals surface area contributed by atoms with Gasteiger partial charge < -0.3 is 5.32 Å². The van der Waals surface area contributed by atoms with Crippen LogP contribution in [0.5, 0.6) is 0 Å². The molecular formula is C18H15ClIN3O2S. The van der Waals surface area contributed by atoms with E-state index in [-0.39, 0.29) is 18.2 Å². The van der Waals surface area contributed by atoms with Crippen LogP contribution in [-0.2, 0) is 9.59 Å². The van der Waals surface area contributed by atoms with E-state index in [0.717, 1.165) is 3.57 Å². The van der Waals surface area contributed by atoms with Crippen molar-refractivity contribution in [3.8, 4) is 0 Å². The number of nitrogens with one attached hydrogen (secondary N) is 1. The highest BCUT2D eigenvalue weighted by Gasteiger charge is 2.34. The Morgan fingerprint density at radius 2 is 1.88 bits per heavy atom. The van der Waals surface area contributed by atoms with Crippen molar-refractivity contribution in [1.29, 1.82) is 0 Å². The van der Waals surface area contributed by atoms with Gasteiger partial charge in [0.05, 0.1) is 5.69 Å². The average Bonchev–Trinajstić information content (AvgIpc) is 2.62. The Hall–Kier alpha value is -1.58. The fourth-order valence-electron chi connectivity index (χ4n) is 2.28. The molecule has 1 unspecified atom stereocenters. The summed E-state index contributed by atoms with van der Waals surface area (Å²) in [4.78, 5) is 30.8. The van der Waals surface area contributed by atoms with E-state index in [2.05, 4.69) is 32.9 Å². The summed E-state index contributed by atoms with van der Waals surface area (Å²) in [7, 11) is 1.66. The van der Waals surface area contributed by atoms with Gasteiger partial charge in [-0.05, 0) is 71.1 Å². The van der Waals surface area contributed by atoms with Crippen LogP contribution >= 0.6 is 46.0 Å². The number of nitrogens with zero attached hydrogens (tertiary/aromatic N) is 2. The highest BCUT2D eigenvalue weighted by atomic mass is 127. The third kappa shape index (κ3) is 4.77. The van der Waals surface area contributed by atoms with E-state index in [1.807, 2.05) is 24.3 Å². The summed E-state index contributed by atoms with van der Waals surface area (Å²) in [6.07, 6.45) is 0.136. The minimum Gasteiger partial charge on any atom is -0.325 e. The number of aliphatic imine (C=N–C) groups is 1. The molecule has 1 saturated heterocycles. The molecule has 2 amide bonds. The molecule has 2 aromatic rings. The van der Waals surface area contributed by atoms with E-state index >= 15 is 0 Å². The Morgan fingerprint density at radius 3 is 2.54 bits per heavy atom. The normalized spacial score (nSPS) is 18.9. The van der Waals surface area contributed by atoms with Crippen LogP contribution in [0.4, 0.5) is 11.4 Å². The van der Waals surface area contributed by atoms with Crippen molar-refractivity contribution < 1.29 is 9.59 Å². The smallest absolute Gasteiger partial charge is 0.238 e. The number of amidine groups is 1. The molecule has 0 aromatic heterocycles. The number of amides is 2. The molecule has 1 aliphatic rings. The molecule has 2 aromatic carbocycles. The van der Waals surface area contributed by atoms with Crippen LogP contribution in [0.1, 0.15) is 6.42 Å². The molecule has 3 rings (SSSR count). The van der Waals surface area contributed by atoms with Crippen molar-refractivity contribution in [3.05, 3.63) is 57.1 Å². The minimum absolute atomic E-state index is 0.136. The highest BCUT2D eigenvalue weighted by Crippen LogP contribution is 2.29. The van der Waals surface area contributed by atoms with E-state index < -0.39 is 5.25 Å². The van der Waals surface area contributed by atoms with Crippen LogP contribution in [-0.4, -0.2) is 34.2 Å². The van der Waals surface area contributed by atoms with Gasteiger partial charge in [0.15, 0.2) is 5.17 Å². The Balaban J connectivity index is 1.76. The first-order valence-corrected chi connectivity index (χ1v) is 10.1. The zero-order valence-electron chi connectivity index (χ0n) is 13.8. The third-order valence-corrected chi connectivity index (χ3v) is 5.94. The van der Waals surface area contributed by atoms with Crippen LogP contribution in [0.15, 0.2) is 53.5 Å². The Kier molecular flexibility index (Phi) is 6.20. The van der Waals surface area contributed by atoms with Gasteiger partial charge in [0.2, 0.25) is 11.8 Å². The lowest BCUT2D eigenvalue weighted by atomic mass is 10.2. The number of halogens is 2. The lowest BCUT2D eigenvalue weighted by molar-refractivity contribution is -0.128. The number of hydrogen-bond donors (Lipinski definition) is 1. The van der Waals surface area contributed by atoms with Gasteiger partial charge in [0.1, 0.15) is 5.25 Å². The number of benzene rings is 2. The summed E-state index contributed by atoms with van der Waals surface area (Å²) in [5, 5.41) is 3.44. The van der Waals surface area contributed by atoms with Gasteiger partial charge in [0, 0.05) is 27.7 Å². The van der Waals surface area contributed by atoms with E-state index in [1.54, 1.807) is 31.3 Å². The molecule has 5 nitrogen and oxygen atoms in total. The largest absolute Gasteiger partial charge is 0.325 e. The van der Waals surface area contributed by atoms with Gasteiger partial charge in [0.25, 0.3) is 0 Å². The van der Waals surface area contributed by atoms with Crippen molar-refractivity contribution in [2.45, 2.75) is 11.7 Å². The Bertz CT molecular complexity index is 856. The van der Waals surface area contributed by atoms with E-state index in [4.69, 9.17) is 11.6 Å². The zero-order chi connectivity index (χ0) is 18.7. The number of thioether (sulfide) groups is 1. The lowest BCUT2D eigenvalue weighted by Gasteiger charge is -2.28. The second kappa shape index (κ2) is 8.41. The highest BCUT2D eigenvalue weighted by molar-refractivity contribution is 14.1. The van der Waals surface area contributed by atoms with Gasteiger partial charge in [-0.3, -0.25) is 14.5 Å². The molecule has 0 aliphatic carbocycles. The predicted octanol–water partition coefficient (Wildman–Crippen LogP) is 4.53. The maximum absolute atomic E-state index is 12.6. The number of rotatable bonds is 3. The monoisotopic (exact) mass is 499 g/mol. The SMILES string of the molecule is CN1C(=O)CC(C(=O)Nc2ccc(I)cc2)SC1=Nc1ccc(Cl)cc1. The molecule has 1 N–H and O–H groups in total.